The Bertz CT molecular complexity index is 1090. The first-order valence-electron chi connectivity index (χ1n) is 9.65. The SMILES string of the molecule is CC[C@@H](C)N1C(=O)S/C(=C/c2cc(Br)c(OCc3ccccc3C#N)c(OC)c2)C1=O. The van der Waals surface area contributed by atoms with Crippen LogP contribution in [0.5, 0.6) is 11.5 Å². The van der Waals surface area contributed by atoms with Gasteiger partial charge in [-0.25, -0.2) is 0 Å². The molecule has 8 heteroatoms. The number of amides is 2. The number of carbonyl (C=O) groups is 2. The number of methoxy groups -OCH3 is 1. The molecule has 160 valence electrons. The third-order valence-corrected chi connectivity index (χ3v) is 6.39. The molecule has 1 saturated heterocycles. The standard InChI is InChI=1S/C23H21BrN2O4S/c1-4-14(2)26-22(27)20(31-23(26)28)11-15-9-18(24)21(19(10-15)29-3)30-13-17-8-6-5-7-16(17)12-25/h5-11,14H,4,13H2,1-3H3/b20-11+/t14-/m1/s1. The minimum absolute atomic E-state index is 0.147. The summed E-state index contributed by atoms with van der Waals surface area (Å²) in [6.45, 7) is 3.99. The van der Waals surface area contributed by atoms with Crippen molar-refractivity contribution in [2.24, 2.45) is 0 Å². The number of rotatable bonds is 7. The van der Waals surface area contributed by atoms with E-state index in [1.807, 2.05) is 26.0 Å². The molecule has 0 bridgehead atoms. The van der Waals surface area contributed by atoms with Crippen LogP contribution in [0.3, 0.4) is 0 Å². The van der Waals surface area contributed by atoms with Crippen LogP contribution in [0.25, 0.3) is 6.08 Å². The van der Waals surface area contributed by atoms with Crippen molar-refractivity contribution < 1.29 is 19.1 Å². The monoisotopic (exact) mass is 500 g/mol. The first kappa shape index (κ1) is 22.9. The van der Waals surface area contributed by atoms with Gasteiger partial charge in [0.2, 0.25) is 0 Å². The van der Waals surface area contributed by atoms with Crippen LogP contribution < -0.4 is 9.47 Å². The lowest BCUT2D eigenvalue weighted by Crippen LogP contribution is -2.36. The number of nitriles is 1. The van der Waals surface area contributed by atoms with Gasteiger partial charge in [-0.15, -0.1) is 0 Å². The highest BCUT2D eigenvalue weighted by Gasteiger charge is 2.37. The van der Waals surface area contributed by atoms with Crippen molar-refractivity contribution in [1.82, 2.24) is 4.90 Å². The molecule has 1 fully saturated rings. The molecule has 1 atom stereocenters. The number of halogens is 1. The average Bonchev–Trinajstić information content (AvgIpc) is 3.04. The highest BCUT2D eigenvalue weighted by atomic mass is 79.9. The Labute approximate surface area is 194 Å². The van der Waals surface area contributed by atoms with E-state index in [9.17, 15) is 14.9 Å². The van der Waals surface area contributed by atoms with Gasteiger partial charge in [0.05, 0.1) is 28.1 Å². The molecule has 0 saturated carbocycles. The molecule has 0 spiro atoms. The molecule has 1 aliphatic rings. The molecular weight excluding hydrogens is 480 g/mol. The summed E-state index contributed by atoms with van der Waals surface area (Å²) in [4.78, 5) is 26.6. The van der Waals surface area contributed by atoms with E-state index in [0.29, 0.717) is 38.4 Å². The zero-order valence-electron chi connectivity index (χ0n) is 17.3. The van der Waals surface area contributed by atoms with Gasteiger partial charge in [-0.2, -0.15) is 5.26 Å². The predicted octanol–water partition coefficient (Wildman–Crippen LogP) is 5.74. The van der Waals surface area contributed by atoms with Gasteiger partial charge < -0.3 is 9.47 Å². The van der Waals surface area contributed by atoms with E-state index in [1.54, 1.807) is 30.3 Å². The van der Waals surface area contributed by atoms with Crippen LogP contribution in [-0.2, 0) is 11.4 Å². The minimum Gasteiger partial charge on any atom is -0.493 e. The molecule has 0 N–H and O–H groups in total. The summed E-state index contributed by atoms with van der Waals surface area (Å²) in [5.41, 5.74) is 2.01. The van der Waals surface area contributed by atoms with Crippen molar-refractivity contribution >= 4 is 44.9 Å². The molecule has 0 aliphatic carbocycles. The Morgan fingerprint density at radius 3 is 2.71 bits per heavy atom. The third kappa shape index (κ3) is 4.94. The first-order chi connectivity index (χ1) is 14.9. The van der Waals surface area contributed by atoms with E-state index in [0.717, 1.165) is 17.3 Å². The van der Waals surface area contributed by atoms with Gasteiger partial charge in [-0.05, 0) is 70.9 Å². The molecule has 1 heterocycles. The topological polar surface area (TPSA) is 79.6 Å². The number of hydrogen-bond acceptors (Lipinski definition) is 6. The maximum absolute atomic E-state index is 12.7. The van der Waals surface area contributed by atoms with Gasteiger partial charge in [0, 0.05) is 11.6 Å². The van der Waals surface area contributed by atoms with Gasteiger partial charge in [-0.1, -0.05) is 25.1 Å². The second kappa shape index (κ2) is 10.0. The summed E-state index contributed by atoms with van der Waals surface area (Å²) in [6.07, 6.45) is 2.38. The van der Waals surface area contributed by atoms with Crippen LogP contribution >= 0.6 is 27.7 Å². The Morgan fingerprint density at radius 2 is 2.03 bits per heavy atom. The predicted molar refractivity (Wildman–Crippen MR) is 124 cm³/mol. The molecule has 2 aromatic carbocycles. The van der Waals surface area contributed by atoms with Crippen molar-refractivity contribution in [3.8, 4) is 17.6 Å². The Morgan fingerprint density at radius 1 is 1.29 bits per heavy atom. The van der Waals surface area contributed by atoms with E-state index in [-0.39, 0.29) is 23.8 Å². The summed E-state index contributed by atoms with van der Waals surface area (Å²) in [5.74, 6) is 0.671. The fourth-order valence-electron chi connectivity index (χ4n) is 3.06. The van der Waals surface area contributed by atoms with E-state index in [2.05, 4.69) is 22.0 Å². The lowest BCUT2D eigenvalue weighted by atomic mass is 10.1. The lowest BCUT2D eigenvalue weighted by molar-refractivity contribution is -0.124. The second-order valence-corrected chi connectivity index (χ2v) is 8.75. The number of imide groups is 1. The summed E-state index contributed by atoms with van der Waals surface area (Å²) in [5, 5.41) is 8.99. The minimum atomic E-state index is -0.284. The number of hydrogen-bond donors (Lipinski definition) is 0. The highest BCUT2D eigenvalue weighted by Crippen LogP contribution is 2.40. The quantitative estimate of drug-likeness (QED) is 0.450. The zero-order valence-corrected chi connectivity index (χ0v) is 19.7. The van der Waals surface area contributed by atoms with Gasteiger partial charge in [0.15, 0.2) is 11.5 Å². The maximum Gasteiger partial charge on any atom is 0.293 e. The van der Waals surface area contributed by atoms with Crippen LogP contribution in [0.15, 0.2) is 45.8 Å². The first-order valence-corrected chi connectivity index (χ1v) is 11.3. The highest BCUT2D eigenvalue weighted by molar-refractivity contribution is 9.10. The van der Waals surface area contributed by atoms with Gasteiger partial charge in [-0.3, -0.25) is 14.5 Å². The molecule has 2 aromatic rings. The van der Waals surface area contributed by atoms with Crippen molar-refractivity contribution in [3.63, 3.8) is 0 Å². The van der Waals surface area contributed by atoms with Crippen molar-refractivity contribution in [1.29, 1.82) is 5.26 Å². The van der Waals surface area contributed by atoms with Crippen LogP contribution in [-0.4, -0.2) is 29.2 Å². The molecule has 1 aliphatic heterocycles. The van der Waals surface area contributed by atoms with E-state index in [4.69, 9.17) is 9.47 Å². The molecule has 0 unspecified atom stereocenters. The van der Waals surface area contributed by atoms with E-state index < -0.39 is 0 Å². The molecule has 2 amide bonds. The maximum atomic E-state index is 12.7. The molecule has 31 heavy (non-hydrogen) atoms. The smallest absolute Gasteiger partial charge is 0.293 e. The molecular formula is C23H21BrN2O4S. The molecule has 0 radical (unpaired) electrons. The summed E-state index contributed by atoms with van der Waals surface area (Å²) < 4.78 is 12.1. The van der Waals surface area contributed by atoms with Crippen LogP contribution in [0.1, 0.15) is 37.0 Å². The number of benzene rings is 2. The lowest BCUT2D eigenvalue weighted by Gasteiger charge is -2.19. The largest absolute Gasteiger partial charge is 0.493 e. The summed E-state index contributed by atoms with van der Waals surface area (Å²) in [7, 11) is 1.53. The Balaban J connectivity index is 1.86. The van der Waals surface area contributed by atoms with Crippen molar-refractivity contribution in [2.75, 3.05) is 7.11 Å². The fraction of sp³-hybridized carbons (Fsp3) is 0.261. The summed E-state index contributed by atoms with van der Waals surface area (Å²) in [6, 6.07) is 12.8. The molecule has 6 nitrogen and oxygen atoms in total. The molecule has 3 rings (SSSR count). The Kier molecular flexibility index (Phi) is 7.42. The van der Waals surface area contributed by atoms with Crippen LogP contribution in [0.2, 0.25) is 0 Å². The van der Waals surface area contributed by atoms with Gasteiger partial charge in [0.25, 0.3) is 11.1 Å². The van der Waals surface area contributed by atoms with Gasteiger partial charge >= 0.3 is 0 Å². The van der Waals surface area contributed by atoms with E-state index >= 15 is 0 Å². The van der Waals surface area contributed by atoms with Crippen molar-refractivity contribution in [3.05, 3.63) is 62.5 Å². The average molecular weight is 501 g/mol. The van der Waals surface area contributed by atoms with E-state index in [1.165, 1.54) is 12.0 Å². The summed E-state index contributed by atoms with van der Waals surface area (Å²) >= 11 is 4.44. The third-order valence-electron chi connectivity index (χ3n) is 4.91. The normalized spacial score (nSPS) is 15.8. The number of nitrogens with zero attached hydrogens (tertiary/aromatic N) is 2. The van der Waals surface area contributed by atoms with Crippen molar-refractivity contribution in [2.45, 2.75) is 32.9 Å². The van der Waals surface area contributed by atoms with Crippen LogP contribution in [0, 0.1) is 11.3 Å². The zero-order chi connectivity index (χ0) is 22.5. The second-order valence-electron chi connectivity index (χ2n) is 6.90. The number of carbonyl (C=O) groups excluding carboxylic acids is 2. The Hall–Kier alpha value is -2.76. The van der Waals surface area contributed by atoms with Crippen LogP contribution in [0.4, 0.5) is 4.79 Å². The fourth-order valence-corrected chi connectivity index (χ4v) is 4.57. The number of ether oxygens (including phenoxy) is 2. The molecule has 0 aromatic heterocycles. The van der Waals surface area contributed by atoms with Gasteiger partial charge in [0.1, 0.15) is 6.61 Å². The number of thioether (sulfide) groups is 1.